The smallest absolute Gasteiger partial charge is 0.227 e. The SMILES string of the molecule is O=C(NCC1CCC(O)C1)C1CCCc2ccccc21. The summed E-state index contributed by atoms with van der Waals surface area (Å²) in [7, 11) is 0. The molecule has 1 amide bonds. The lowest BCUT2D eigenvalue weighted by Crippen LogP contribution is -2.34. The van der Waals surface area contributed by atoms with Crippen LogP contribution in [0.15, 0.2) is 24.3 Å². The van der Waals surface area contributed by atoms with Crippen molar-refractivity contribution in [1.29, 1.82) is 0 Å². The summed E-state index contributed by atoms with van der Waals surface area (Å²) in [6, 6.07) is 8.32. The molecule has 1 saturated carbocycles. The molecule has 0 saturated heterocycles. The van der Waals surface area contributed by atoms with Crippen LogP contribution in [0.4, 0.5) is 0 Å². The maximum atomic E-state index is 12.4. The van der Waals surface area contributed by atoms with Crippen LogP contribution in [0.5, 0.6) is 0 Å². The third-order valence-corrected chi connectivity index (χ3v) is 4.76. The monoisotopic (exact) mass is 273 g/mol. The Kier molecular flexibility index (Phi) is 4.06. The van der Waals surface area contributed by atoms with Crippen LogP contribution in [-0.2, 0) is 11.2 Å². The molecule has 1 aromatic carbocycles. The number of hydrogen-bond donors (Lipinski definition) is 2. The van der Waals surface area contributed by atoms with E-state index in [1.54, 1.807) is 0 Å². The highest BCUT2D eigenvalue weighted by Crippen LogP contribution is 2.32. The maximum absolute atomic E-state index is 12.4. The Morgan fingerprint density at radius 3 is 2.90 bits per heavy atom. The average molecular weight is 273 g/mol. The van der Waals surface area contributed by atoms with Gasteiger partial charge in [-0.1, -0.05) is 24.3 Å². The van der Waals surface area contributed by atoms with Crippen LogP contribution in [-0.4, -0.2) is 23.7 Å². The van der Waals surface area contributed by atoms with E-state index in [0.29, 0.717) is 12.5 Å². The number of fused-ring (bicyclic) bond motifs is 1. The van der Waals surface area contributed by atoms with Crippen LogP contribution >= 0.6 is 0 Å². The van der Waals surface area contributed by atoms with Gasteiger partial charge in [0.1, 0.15) is 0 Å². The molecular formula is C17H23NO2. The first kappa shape index (κ1) is 13.6. The Labute approximate surface area is 120 Å². The van der Waals surface area contributed by atoms with Crippen molar-refractivity contribution in [2.75, 3.05) is 6.54 Å². The van der Waals surface area contributed by atoms with Crippen LogP contribution in [0.3, 0.4) is 0 Å². The first-order valence-electron chi connectivity index (χ1n) is 7.77. The number of rotatable bonds is 3. The lowest BCUT2D eigenvalue weighted by molar-refractivity contribution is -0.123. The highest BCUT2D eigenvalue weighted by Gasteiger charge is 2.28. The second kappa shape index (κ2) is 5.96. The molecule has 3 nitrogen and oxygen atoms in total. The number of aliphatic hydroxyl groups is 1. The largest absolute Gasteiger partial charge is 0.393 e. The van der Waals surface area contributed by atoms with Gasteiger partial charge < -0.3 is 10.4 Å². The first-order chi connectivity index (χ1) is 9.74. The predicted octanol–water partition coefficient (Wildman–Crippen LogP) is 2.38. The van der Waals surface area contributed by atoms with Crippen molar-refractivity contribution in [3.05, 3.63) is 35.4 Å². The summed E-state index contributed by atoms with van der Waals surface area (Å²) >= 11 is 0. The fourth-order valence-corrected chi connectivity index (χ4v) is 3.63. The molecule has 0 aliphatic heterocycles. The van der Waals surface area contributed by atoms with E-state index in [-0.39, 0.29) is 17.9 Å². The maximum Gasteiger partial charge on any atom is 0.227 e. The third-order valence-electron chi connectivity index (χ3n) is 4.76. The molecule has 3 atom stereocenters. The normalized spacial score (nSPS) is 28.9. The van der Waals surface area contributed by atoms with Gasteiger partial charge in [0.05, 0.1) is 12.0 Å². The summed E-state index contributed by atoms with van der Waals surface area (Å²) in [5.41, 5.74) is 2.54. The van der Waals surface area contributed by atoms with Crippen LogP contribution in [0, 0.1) is 5.92 Å². The number of carbonyl (C=O) groups excluding carboxylic acids is 1. The van der Waals surface area contributed by atoms with Gasteiger partial charge in [-0.15, -0.1) is 0 Å². The van der Waals surface area contributed by atoms with E-state index < -0.39 is 0 Å². The van der Waals surface area contributed by atoms with Gasteiger partial charge in [0.25, 0.3) is 0 Å². The minimum atomic E-state index is -0.160. The number of aliphatic hydroxyl groups excluding tert-OH is 1. The summed E-state index contributed by atoms with van der Waals surface area (Å²) in [5.74, 6) is 0.637. The Morgan fingerprint density at radius 1 is 1.25 bits per heavy atom. The lowest BCUT2D eigenvalue weighted by atomic mass is 9.82. The number of benzene rings is 1. The van der Waals surface area contributed by atoms with Gasteiger partial charge in [0.2, 0.25) is 5.91 Å². The molecule has 2 aliphatic rings. The standard InChI is InChI=1S/C17H23NO2/c19-14-9-8-12(10-14)11-18-17(20)16-7-3-5-13-4-1-2-6-15(13)16/h1-2,4,6,12,14,16,19H,3,5,7-11H2,(H,18,20). The molecule has 1 aromatic rings. The van der Waals surface area contributed by atoms with E-state index in [1.165, 1.54) is 11.1 Å². The molecular weight excluding hydrogens is 250 g/mol. The molecule has 3 rings (SSSR count). The average Bonchev–Trinajstić information content (AvgIpc) is 2.90. The minimum Gasteiger partial charge on any atom is -0.393 e. The van der Waals surface area contributed by atoms with Crippen molar-refractivity contribution in [3.63, 3.8) is 0 Å². The Morgan fingerprint density at radius 2 is 2.10 bits per heavy atom. The molecule has 2 N–H and O–H groups in total. The summed E-state index contributed by atoms with van der Waals surface area (Å²) in [6.45, 7) is 0.717. The van der Waals surface area contributed by atoms with Crippen molar-refractivity contribution >= 4 is 5.91 Å². The summed E-state index contributed by atoms with van der Waals surface area (Å²) in [6.07, 6.45) is 5.73. The van der Waals surface area contributed by atoms with Crippen molar-refractivity contribution in [3.8, 4) is 0 Å². The fourth-order valence-electron chi connectivity index (χ4n) is 3.63. The lowest BCUT2D eigenvalue weighted by Gasteiger charge is -2.25. The summed E-state index contributed by atoms with van der Waals surface area (Å²) in [5, 5.41) is 12.6. The van der Waals surface area contributed by atoms with E-state index in [1.807, 2.05) is 6.07 Å². The molecule has 108 valence electrons. The number of nitrogens with one attached hydrogen (secondary N) is 1. The van der Waals surface area contributed by atoms with Gasteiger partial charge in [-0.05, 0) is 55.6 Å². The second-order valence-corrected chi connectivity index (χ2v) is 6.22. The van der Waals surface area contributed by atoms with Crippen molar-refractivity contribution < 1.29 is 9.90 Å². The zero-order valence-electron chi connectivity index (χ0n) is 11.8. The van der Waals surface area contributed by atoms with Crippen molar-refractivity contribution in [2.24, 2.45) is 5.92 Å². The number of hydrogen-bond acceptors (Lipinski definition) is 2. The molecule has 3 unspecified atom stereocenters. The van der Waals surface area contributed by atoms with Gasteiger partial charge >= 0.3 is 0 Å². The molecule has 0 radical (unpaired) electrons. The Bertz CT molecular complexity index is 486. The topological polar surface area (TPSA) is 49.3 Å². The van der Waals surface area contributed by atoms with Gasteiger partial charge in [-0.3, -0.25) is 4.79 Å². The van der Waals surface area contributed by atoms with Gasteiger partial charge in [0.15, 0.2) is 0 Å². The molecule has 2 aliphatic carbocycles. The van der Waals surface area contributed by atoms with Gasteiger partial charge in [-0.25, -0.2) is 0 Å². The minimum absolute atomic E-state index is 0.0197. The molecule has 0 spiro atoms. The second-order valence-electron chi connectivity index (χ2n) is 6.22. The zero-order valence-corrected chi connectivity index (χ0v) is 11.8. The zero-order chi connectivity index (χ0) is 13.9. The molecule has 20 heavy (non-hydrogen) atoms. The molecule has 0 heterocycles. The summed E-state index contributed by atoms with van der Waals surface area (Å²) < 4.78 is 0. The predicted molar refractivity (Wildman–Crippen MR) is 78.5 cm³/mol. The van der Waals surface area contributed by atoms with Gasteiger partial charge in [-0.2, -0.15) is 0 Å². The highest BCUT2D eigenvalue weighted by atomic mass is 16.3. The molecule has 0 aromatic heterocycles. The quantitative estimate of drug-likeness (QED) is 0.888. The Hall–Kier alpha value is -1.35. The first-order valence-corrected chi connectivity index (χ1v) is 7.77. The van der Waals surface area contributed by atoms with E-state index in [0.717, 1.165) is 38.5 Å². The van der Waals surface area contributed by atoms with Crippen LogP contribution in [0.25, 0.3) is 0 Å². The van der Waals surface area contributed by atoms with Crippen molar-refractivity contribution in [1.82, 2.24) is 5.32 Å². The number of amides is 1. The Balaban J connectivity index is 1.60. The van der Waals surface area contributed by atoms with Crippen LogP contribution in [0.2, 0.25) is 0 Å². The number of carbonyl (C=O) groups is 1. The van der Waals surface area contributed by atoms with Crippen LogP contribution < -0.4 is 5.32 Å². The molecule has 3 heteroatoms. The van der Waals surface area contributed by atoms with E-state index in [9.17, 15) is 9.90 Å². The fraction of sp³-hybridized carbons (Fsp3) is 0.588. The third kappa shape index (κ3) is 2.88. The highest BCUT2D eigenvalue weighted by molar-refractivity contribution is 5.84. The molecule has 0 bridgehead atoms. The van der Waals surface area contributed by atoms with E-state index in [2.05, 4.69) is 23.5 Å². The van der Waals surface area contributed by atoms with Crippen LogP contribution in [0.1, 0.15) is 49.1 Å². The van der Waals surface area contributed by atoms with Gasteiger partial charge in [0, 0.05) is 6.54 Å². The van der Waals surface area contributed by atoms with E-state index >= 15 is 0 Å². The number of aryl methyl sites for hydroxylation is 1. The summed E-state index contributed by atoms with van der Waals surface area (Å²) in [4.78, 5) is 12.4. The van der Waals surface area contributed by atoms with E-state index in [4.69, 9.17) is 0 Å². The van der Waals surface area contributed by atoms with Crippen molar-refractivity contribution in [2.45, 2.75) is 50.5 Å². The molecule has 1 fully saturated rings.